The smallest absolute Gasteiger partial charge is 0.271 e. The van der Waals surface area contributed by atoms with Crippen molar-refractivity contribution in [2.45, 2.75) is 19.5 Å². The normalized spacial score (nSPS) is 11.9. The van der Waals surface area contributed by atoms with E-state index in [0.29, 0.717) is 12.5 Å². The first-order valence-electron chi connectivity index (χ1n) is 5.58. The molecule has 20 heavy (non-hydrogen) atoms. The second kappa shape index (κ2) is 6.11. The predicted molar refractivity (Wildman–Crippen MR) is 67.0 cm³/mol. The van der Waals surface area contributed by atoms with E-state index in [0.717, 1.165) is 12.1 Å². The molecule has 0 radical (unpaired) electrons. The predicted octanol–water partition coefficient (Wildman–Crippen LogP) is 2.23. The number of alkyl halides is 3. The molecule has 0 heterocycles. The van der Waals surface area contributed by atoms with Gasteiger partial charge in [-0.25, -0.2) is 0 Å². The summed E-state index contributed by atoms with van der Waals surface area (Å²) in [7, 11) is -3.93. The van der Waals surface area contributed by atoms with Crippen LogP contribution in [-0.4, -0.2) is 15.0 Å². The van der Waals surface area contributed by atoms with E-state index in [1.165, 1.54) is 6.07 Å². The summed E-state index contributed by atoms with van der Waals surface area (Å²) in [5, 5.41) is 8.62. The van der Waals surface area contributed by atoms with Crippen LogP contribution in [0.1, 0.15) is 24.5 Å². The van der Waals surface area contributed by atoms with Crippen molar-refractivity contribution in [3.8, 4) is 6.07 Å². The topological polar surface area (TPSA) is 82.0 Å². The van der Waals surface area contributed by atoms with Gasteiger partial charge in [0.25, 0.3) is 10.2 Å². The summed E-state index contributed by atoms with van der Waals surface area (Å²) < 4.78 is 65.3. The molecule has 0 aliphatic heterocycles. The highest BCUT2D eigenvalue weighted by Crippen LogP contribution is 2.33. The molecule has 1 aromatic rings. The second-order valence-corrected chi connectivity index (χ2v) is 5.37. The lowest BCUT2D eigenvalue weighted by Gasteiger charge is -2.12. The summed E-state index contributed by atoms with van der Waals surface area (Å²) in [4.78, 5) is 0. The Balaban J connectivity index is 3.08. The summed E-state index contributed by atoms with van der Waals surface area (Å²) in [5.41, 5.74) is -2.02. The van der Waals surface area contributed by atoms with Crippen LogP contribution in [0.2, 0.25) is 0 Å². The Kier molecular flexibility index (Phi) is 4.97. The number of nitrogens with zero attached hydrogens (tertiary/aromatic N) is 1. The maximum absolute atomic E-state index is 12.7. The molecule has 0 aliphatic rings. The Labute approximate surface area is 114 Å². The van der Waals surface area contributed by atoms with Crippen LogP contribution in [0.3, 0.4) is 0 Å². The highest BCUT2D eigenvalue weighted by Gasteiger charge is 2.34. The number of anilines is 1. The molecule has 0 saturated carbocycles. The zero-order valence-corrected chi connectivity index (χ0v) is 11.3. The Bertz CT molecular complexity index is 621. The van der Waals surface area contributed by atoms with Gasteiger partial charge in [-0.2, -0.15) is 31.6 Å². The Morgan fingerprint density at radius 1 is 1.35 bits per heavy atom. The van der Waals surface area contributed by atoms with E-state index in [2.05, 4.69) is 4.72 Å². The van der Waals surface area contributed by atoms with Gasteiger partial charge in [0.05, 0.1) is 22.9 Å². The minimum atomic E-state index is -4.73. The molecule has 2 N–H and O–H groups in total. The summed E-state index contributed by atoms with van der Waals surface area (Å²) in [5.74, 6) is 0. The van der Waals surface area contributed by atoms with Crippen molar-refractivity contribution in [2.24, 2.45) is 0 Å². The van der Waals surface area contributed by atoms with Crippen LogP contribution >= 0.6 is 0 Å². The van der Waals surface area contributed by atoms with Gasteiger partial charge in [-0.1, -0.05) is 6.92 Å². The van der Waals surface area contributed by atoms with Gasteiger partial charge >= 0.3 is 6.18 Å². The molecule has 1 aromatic carbocycles. The zero-order valence-electron chi connectivity index (χ0n) is 10.5. The number of hydrogen-bond acceptors (Lipinski definition) is 3. The average Bonchev–Trinajstić information content (AvgIpc) is 2.35. The van der Waals surface area contributed by atoms with Gasteiger partial charge in [0, 0.05) is 6.54 Å². The van der Waals surface area contributed by atoms with E-state index in [1.807, 2.05) is 4.72 Å². The van der Waals surface area contributed by atoms with Crippen LogP contribution in [0, 0.1) is 11.3 Å². The van der Waals surface area contributed by atoms with Crippen molar-refractivity contribution in [2.75, 3.05) is 11.3 Å². The van der Waals surface area contributed by atoms with E-state index >= 15 is 0 Å². The quantitative estimate of drug-likeness (QED) is 0.875. The number of halogens is 3. The highest BCUT2D eigenvalue weighted by atomic mass is 32.2. The Morgan fingerprint density at radius 2 is 2.00 bits per heavy atom. The van der Waals surface area contributed by atoms with E-state index in [-0.39, 0.29) is 12.2 Å². The standard InChI is InChI=1S/C11H12F3N3O2S/c1-2-5-16-20(18,19)17-9-4-3-8(7-15)10(6-9)11(12,13)14/h3-4,6,16-17H,2,5H2,1H3. The third-order valence-electron chi connectivity index (χ3n) is 2.24. The summed E-state index contributed by atoms with van der Waals surface area (Å²) in [6, 6.07) is 4.01. The van der Waals surface area contributed by atoms with Gasteiger partial charge < -0.3 is 0 Å². The van der Waals surface area contributed by atoms with E-state index in [1.54, 1.807) is 6.92 Å². The lowest BCUT2D eigenvalue weighted by molar-refractivity contribution is -0.137. The molecule has 0 atom stereocenters. The summed E-state index contributed by atoms with van der Waals surface area (Å²) in [6.07, 6.45) is -4.19. The van der Waals surface area contributed by atoms with Crippen LogP contribution in [-0.2, 0) is 16.4 Å². The van der Waals surface area contributed by atoms with Crippen molar-refractivity contribution in [1.82, 2.24) is 4.72 Å². The van der Waals surface area contributed by atoms with Crippen molar-refractivity contribution in [3.05, 3.63) is 29.3 Å². The third-order valence-corrected chi connectivity index (χ3v) is 3.33. The number of nitriles is 1. The SMILES string of the molecule is CCCNS(=O)(=O)Nc1ccc(C#N)c(C(F)(F)F)c1. The van der Waals surface area contributed by atoms with Gasteiger partial charge in [-0.05, 0) is 24.6 Å². The average molecular weight is 307 g/mol. The number of nitrogens with one attached hydrogen (secondary N) is 2. The van der Waals surface area contributed by atoms with Crippen LogP contribution < -0.4 is 9.44 Å². The van der Waals surface area contributed by atoms with Gasteiger partial charge in [-0.3, -0.25) is 4.72 Å². The van der Waals surface area contributed by atoms with Crippen LogP contribution in [0.5, 0.6) is 0 Å². The van der Waals surface area contributed by atoms with Gasteiger partial charge in [-0.15, -0.1) is 0 Å². The molecule has 0 aliphatic carbocycles. The van der Waals surface area contributed by atoms with E-state index in [9.17, 15) is 21.6 Å². The molecule has 0 unspecified atom stereocenters. The van der Waals surface area contributed by atoms with Crippen LogP contribution in [0.15, 0.2) is 18.2 Å². The lowest BCUT2D eigenvalue weighted by atomic mass is 10.1. The minimum Gasteiger partial charge on any atom is -0.271 e. The third kappa shape index (κ3) is 4.40. The molecule has 5 nitrogen and oxygen atoms in total. The number of rotatable bonds is 5. The van der Waals surface area contributed by atoms with Crippen molar-refractivity contribution in [3.63, 3.8) is 0 Å². The largest absolute Gasteiger partial charge is 0.417 e. The molecule has 0 spiro atoms. The van der Waals surface area contributed by atoms with Crippen LogP contribution in [0.25, 0.3) is 0 Å². The van der Waals surface area contributed by atoms with Crippen molar-refractivity contribution >= 4 is 15.9 Å². The molecule has 0 fully saturated rings. The Hall–Kier alpha value is -1.79. The fourth-order valence-electron chi connectivity index (χ4n) is 1.37. The molecule has 1 rings (SSSR count). The molecule has 0 aromatic heterocycles. The molecule has 0 saturated heterocycles. The maximum atomic E-state index is 12.7. The van der Waals surface area contributed by atoms with Gasteiger partial charge in [0.2, 0.25) is 0 Å². The molecular weight excluding hydrogens is 295 g/mol. The zero-order chi connectivity index (χ0) is 15.4. The monoisotopic (exact) mass is 307 g/mol. The first-order valence-corrected chi connectivity index (χ1v) is 7.06. The summed E-state index contributed by atoms with van der Waals surface area (Å²) >= 11 is 0. The highest BCUT2D eigenvalue weighted by molar-refractivity contribution is 7.90. The molecular formula is C11H12F3N3O2S. The molecule has 110 valence electrons. The lowest BCUT2D eigenvalue weighted by Crippen LogP contribution is -2.30. The summed E-state index contributed by atoms with van der Waals surface area (Å²) in [6.45, 7) is 1.91. The Morgan fingerprint density at radius 3 is 2.50 bits per heavy atom. The fourth-order valence-corrected chi connectivity index (χ4v) is 2.35. The number of hydrogen-bond donors (Lipinski definition) is 2. The van der Waals surface area contributed by atoms with E-state index in [4.69, 9.17) is 5.26 Å². The van der Waals surface area contributed by atoms with Crippen molar-refractivity contribution < 1.29 is 21.6 Å². The first kappa shape index (κ1) is 16.3. The van der Waals surface area contributed by atoms with Gasteiger partial charge in [0.15, 0.2) is 0 Å². The molecule has 9 heteroatoms. The molecule has 0 amide bonds. The fraction of sp³-hybridized carbons (Fsp3) is 0.364. The number of benzene rings is 1. The maximum Gasteiger partial charge on any atom is 0.417 e. The second-order valence-electron chi connectivity index (χ2n) is 3.87. The van der Waals surface area contributed by atoms with Gasteiger partial charge in [0.1, 0.15) is 0 Å². The minimum absolute atomic E-state index is 0.164. The first-order chi connectivity index (χ1) is 9.19. The van der Waals surface area contributed by atoms with Crippen molar-refractivity contribution in [1.29, 1.82) is 5.26 Å². The van der Waals surface area contributed by atoms with Crippen LogP contribution in [0.4, 0.5) is 18.9 Å². The van der Waals surface area contributed by atoms with E-state index < -0.39 is 27.5 Å². The molecule has 0 bridgehead atoms.